The summed E-state index contributed by atoms with van der Waals surface area (Å²) in [6.45, 7) is 5.36. The molecule has 1 saturated heterocycles. The van der Waals surface area contributed by atoms with Crippen molar-refractivity contribution < 1.29 is 13.9 Å². The monoisotopic (exact) mass is 576 g/mol. The molecule has 0 saturated carbocycles. The number of amides is 1. The van der Waals surface area contributed by atoms with E-state index < -0.39 is 11.7 Å². The SMILES string of the molecule is CN1CCc2c(cccc2Oc2nc(N3CCNCC3)c3c(n2)N(C(=O)c2c(Cl)c(F)cc4c2cnn4C)CC3)C1. The minimum absolute atomic E-state index is 0.0775. The molecule has 7 rings (SSSR count). The highest BCUT2D eigenvalue weighted by Gasteiger charge is 2.35. The topological polar surface area (TPSA) is 91.7 Å². The van der Waals surface area contributed by atoms with Crippen molar-refractivity contribution >= 4 is 40.0 Å². The van der Waals surface area contributed by atoms with Crippen molar-refractivity contribution in [3.8, 4) is 11.8 Å². The average Bonchev–Trinajstić information content (AvgIpc) is 3.57. The van der Waals surface area contributed by atoms with Gasteiger partial charge in [0.15, 0.2) is 0 Å². The minimum atomic E-state index is -0.668. The van der Waals surface area contributed by atoms with E-state index in [1.165, 1.54) is 16.3 Å². The number of halogens is 2. The number of aromatic nitrogens is 4. The van der Waals surface area contributed by atoms with Crippen LogP contribution in [0.15, 0.2) is 30.5 Å². The van der Waals surface area contributed by atoms with Gasteiger partial charge < -0.3 is 19.9 Å². The van der Waals surface area contributed by atoms with E-state index in [2.05, 4.69) is 33.3 Å². The molecule has 0 spiro atoms. The molecule has 212 valence electrons. The van der Waals surface area contributed by atoms with Gasteiger partial charge in [0.2, 0.25) is 0 Å². The fourth-order valence-electron chi connectivity index (χ4n) is 6.08. The molecule has 0 atom stereocenters. The second-order valence-corrected chi connectivity index (χ2v) is 11.2. The van der Waals surface area contributed by atoms with E-state index in [-0.39, 0.29) is 16.6 Å². The maximum absolute atomic E-state index is 14.9. The Morgan fingerprint density at radius 1 is 1.05 bits per heavy atom. The first kappa shape index (κ1) is 26.1. The van der Waals surface area contributed by atoms with Gasteiger partial charge in [-0.25, -0.2) is 4.39 Å². The van der Waals surface area contributed by atoms with E-state index in [9.17, 15) is 9.18 Å². The third-order valence-electron chi connectivity index (χ3n) is 8.22. The van der Waals surface area contributed by atoms with Gasteiger partial charge in [0.1, 0.15) is 23.2 Å². The van der Waals surface area contributed by atoms with Crippen LogP contribution >= 0.6 is 11.6 Å². The quantitative estimate of drug-likeness (QED) is 0.394. The van der Waals surface area contributed by atoms with Crippen LogP contribution in [0.4, 0.5) is 16.0 Å². The first-order chi connectivity index (χ1) is 19.9. The molecule has 2 aromatic heterocycles. The Morgan fingerprint density at radius 2 is 1.83 bits per heavy atom. The number of benzene rings is 2. The highest BCUT2D eigenvalue weighted by atomic mass is 35.5. The van der Waals surface area contributed by atoms with E-state index in [0.29, 0.717) is 29.7 Å². The predicted molar refractivity (Wildman–Crippen MR) is 155 cm³/mol. The number of carbonyl (C=O) groups is 1. The van der Waals surface area contributed by atoms with Crippen LogP contribution in [0.3, 0.4) is 0 Å². The molecule has 3 aliphatic rings. The number of hydrogen-bond acceptors (Lipinski definition) is 8. The summed E-state index contributed by atoms with van der Waals surface area (Å²) in [5, 5.41) is 7.88. The Kier molecular flexibility index (Phi) is 6.52. The standard InChI is InChI=1S/C29H30ClFN8O2/c1-36-10-6-18-17(16-36)4-3-5-23(18)41-29-34-26(38-12-8-32-9-13-38)19-7-11-39(27(19)35-29)28(40)24-20-15-33-37(2)22(20)14-21(31)25(24)30/h3-5,14-15,32H,6-13,16H2,1-2H3. The molecule has 0 unspecified atom stereocenters. The van der Waals surface area contributed by atoms with Gasteiger partial charge in [0.25, 0.3) is 5.91 Å². The zero-order chi connectivity index (χ0) is 28.2. The molecule has 10 nitrogen and oxygen atoms in total. The van der Waals surface area contributed by atoms with Crippen molar-refractivity contribution in [2.45, 2.75) is 19.4 Å². The molecule has 5 heterocycles. The van der Waals surface area contributed by atoms with Gasteiger partial charge in [-0.05, 0) is 31.5 Å². The second-order valence-electron chi connectivity index (χ2n) is 10.8. The van der Waals surface area contributed by atoms with Crippen molar-refractivity contribution in [3.05, 3.63) is 63.6 Å². The highest BCUT2D eigenvalue weighted by Crippen LogP contribution is 2.39. The lowest BCUT2D eigenvalue weighted by Gasteiger charge is -2.30. The number of piperazine rings is 1. The highest BCUT2D eigenvalue weighted by molar-refractivity contribution is 6.36. The second kappa shape index (κ2) is 10.2. The fraction of sp³-hybridized carbons (Fsp3) is 0.379. The van der Waals surface area contributed by atoms with E-state index in [4.69, 9.17) is 26.3 Å². The summed E-state index contributed by atoms with van der Waals surface area (Å²) in [4.78, 5) is 29.8. The van der Waals surface area contributed by atoms with Crippen LogP contribution in [-0.2, 0) is 26.4 Å². The largest absolute Gasteiger partial charge is 0.424 e. The molecule has 0 aliphatic carbocycles. The van der Waals surface area contributed by atoms with Crippen molar-refractivity contribution in [3.63, 3.8) is 0 Å². The number of hydrogen-bond donors (Lipinski definition) is 1. The molecule has 1 fully saturated rings. The summed E-state index contributed by atoms with van der Waals surface area (Å²) in [6, 6.07) is 7.53. The molecule has 0 bridgehead atoms. The molecule has 4 aromatic rings. The number of anilines is 2. The smallest absolute Gasteiger partial charge is 0.325 e. The van der Waals surface area contributed by atoms with Crippen LogP contribution in [0.2, 0.25) is 5.02 Å². The number of likely N-dealkylation sites (N-methyl/N-ethyl adjacent to an activating group) is 1. The molecule has 0 radical (unpaired) electrons. The van der Waals surface area contributed by atoms with Crippen LogP contribution in [0.5, 0.6) is 11.8 Å². The number of nitrogens with zero attached hydrogens (tertiary/aromatic N) is 7. The lowest BCUT2D eigenvalue weighted by molar-refractivity contribution is 0.0990. The third kappa shape index (κ3) is 4.48. The summed E-state index contributed by atoms with van der Waals surface area (Å²) in [6.07, 6.45) is 2.97. The van der Waals surface area contributed by atoms with Gasteiger partial charge in [-0.2, -0.15) is 15.1 Å². The molecule has 1 amide bonds. The van der Waals surface area contributed by atoms with E-state index in [1.807, 2.05) is 12.1 Å². The van der Waals surface area contributed by atoms with Gasteiger partial charge in [0, 0.05) is 75.4 Å². The fourth-order valence-corrected chi connectivity index (χ4v) is 6.32. The Balaban J connectivity index is 1.32. The van der Waals surface area contributed by atoms with E-state index in [1.54, 1.807) is 18.1 Å². The third-order valence-corrected chi connectivity index (χ3v) is 8.59. The average molecular weight is 577 g/mol. The molecule has 3 aliphatic heterocycles. The van der Waals surface area contributed by atoms with Crippen molar-refractivity contribution in [2.24, 2.45) is 7.05 Å². The summed E-state index contributed by atoms with van der Waals surface area (Å²) in [7, 11) is 3.81. The van der Waals surface area contributed by atoms with Crippen LogP contribution < -0.4 is 19.9 Å². The molecule has 41 heavy (non-hydrogen) atoms. The first-order valence-electron chi connectivity index (χ1n) is 13.8. The summed E-state index contributed by atoms with van der Waals surface area (Å²) < 4.78 is 22.8. The zero-order valence-corrected chi connectivity index (χ0v) is 23.7. The molecule has 1 N–H and O–H groups in total. The van der Waals surface area contributed by atoms with Crippen molar-refractivity contribution in [2.75, 3.05) is 56.1 Å². The number of fused-ring (bicyclic) bond motifs is 3. The molecule has 2 aromatic carbocycles. The van der Waals surface area contributed by atoms with Crippen LogP contribution in [0, 0.1) is 5.82 Å². The van der Waals surface area contributed by atoms with E-state index in [0.717, 1.165) is 68.4 Å². The van der Waals surface area contributed by atoms with Crippen molar-refractivity contribution in [1.82, 2.24) is 30.0 Å². The van der Waals surface area contributed by atoms with Gasteiger partial charge >= 0.3 is 6.01 Å². The van der Waals surface area contributed by atoms with Gasteiger partial charge in [-0.1, -0.05) is 23.7 Å². The van der Waals surface area contributed by atoms with Crippen molar-refractivity contribution in [1.29, 1.82) is 0 Å². The summed E-state index contributed by atoms with van der Waals surface area (Å²) in [5.74, 6) is 0.863. The molecular formula is C29H30ClFN8O2. The van der Waals surface area contributed by atoms with Crippen LogP contribution in [-0.4, -0.2) is 76.9 Å². The lowest BCUT2D eigenvalue weighted by Crippen LogP contribution is -2.44. The first-order valence-corrected chi connectivity index (χ1v) is 14.2. The predicted octanol–water partition coefficient (Wildman–Crippen LogP) is 3.55. The maximum Gasteiger partial charge on any atom is 0.325 e. The van der Waals surface area contributed by atoms with Gasteiger partial charge in [0.05, 0.1) is 22.3 Å². The number of rotatable bonds is 4. The number of ether oxygens (including phenoxy) is 1. The van der Waals surface area contributed by atoms with Gasteiger partial charge in [-0.15, -0.1) is 0 Å². The maximum atomic E-state index is 14.9. The Hall–Kier alpha value is -3.80. The Labute approximate surface area is 241 Å². The summed E-state index contributed by atoms with van der Waals surface area (Å²) in [5.41, 5.74) is 3.81. The zero-order valence-electron chi connectivity index (χ0n) is 23.0. The van der Waals surface area contributed by atoms with Crippen LogP contribution in [0.25, 0.3) is 10.9 Å². The van der Waals surface area contributed by atoms with Crippen LogP contribution in [0.1, 0.15) is 27.0 Å². The lowest BCUT2D eigenvalue weighted by atomic mass is 9.99. The Morgan fingerprint density at radius 3 is 2.66 bits per heavy atom. The number of aryl methyl sites for hydroxylation is 1. The van der Waals surface area contributed by atoms with E-state index >= 15 is 0 Å². The van der Waals surface area contributed by atoms with Gasteiger partial charge in [-0.3, -0.25) is 14.4 Å². The number of carbonyl (C=O) groups excluding carboxylic acids is 1. The minimum Gasteiger partial charge on any atom is -0.424 e. The molecular weight excluding hydrogens is 547 g/mol. The summed E-state index contributed by atoms with van der Waals surface area (Å²) >= 11 is 6.42. The Bertz CT molecular complexity index is 1690. The number of nitrogens with one attached hydrogen (secondary N) is 1. The normalized spacial score (nSPS) is 17.2. The molecule has 12 heteroatoms.